The molecule has 0 spiro atoms. The predicted molar refractivity (Wildman–Crippen MR) is 136 cm³/mol. The third kappa shape index (κ3) is 5.31. The minimum atomic E-state index is -9.89. The van der Waals surface area contributed by atoms with Crippen LogP contribution in [0.15, 0.2) is 35.4 Å². The van der Waals surface area contributed by atoms with Crippen molar-refractivity contribution < 1.29 is 29.0 Å². The van der Waals surface area contributed by atoms with Gasteiger partial charge in [0.05, 0.1) is 17.2 Å². The molecule has 2 aromatic heterocycles. The van der Waals surface area contributed by atoms with Gasteiger partial charge in [-0.05, 0) is 67.9 Å². The van der Waals surface area contributed by atoms with E-state index in [1.165, 1.54) is 4.90 Å². The molecule has 2 aliphatic rings. The number of nitrogens with one attached hydrogen (secondary N) is 1. The van der Waals surface area contributed by atoms with Gasteiger partial charge >= 0.3 is 10.2 Å². The molecule has 5 rings (SSSR count). The number of benzene rings is 1. The summed E-state index contributed by atoms with van der Waals surface area (Å²) in [5.41, 5.74) is 7.35. The summed E-state index contributed by atoms with van der Waals surface area (Å²) < 4.78 is 71.1. The molecule has 1 aliphatic carbocycles. The summed E-state index contributed by atoms with van der Waals surface area (Å²) in [6.45, 7) is 0.685. The Bertz CT molecular complexity index is 1370. The molecule has 13 heteroatoms. The first kappa shape index (κ1) is 26.7. The van der Waals surface area contributed by atoms with Gasteiger partial charge in [-0.2, -0.15) is 0 Å². The molecule has 1 aliphatic heterocycles. The number of hydrogen-bond acceptors (Lipinski definition) is 5. The Morgan fingerprint density at radius 1 is 1.08 bits per heavy atom. The number of nitrogens with two attached hydrogens (primary N) is 1. The minimum Gasteiger partial charge on any atom is -0.398 e. The molecule has 1 saturated heterocycles. The fourth-order valence-corrected chi connectivity index (χ4v) is 6.30. The van der Waals surface area contributed by atoms with Crippen molar-refractivity contribution in [2.24, 2.45) is 0 Å². The van der Waals surface area contributed by atoms with E-state index >= 15 is 0 Å². The number of carbonyl (C=O) groups excluding carboxylic acids is 1. The number of aromatic nitrogens is 3. The fraction of sp³-hybridized carbons (Fsp3) is 0.480. The molecule has 0 bridgehead atoms. The Morgan fingerprint density at radius 3 is 2.47 bits per heavy atom. The number of halogens is 5. The summed E-state index contributed by atoms with van der Waals surface area (Å²) in [5, 5.41) is 0. The van der Waals surface area contributed by atoms with Crippen molar-refractivity contribution in [3.63, 3.8) is 0 Å². The fourth-order valence-electron chi connectivity index (χ4n) is 5.63. The van der Waals surface area contributed by atoms with E-state index in [1.807, 2.05) is 6.07 Å². The first-order valence-electron chi connectivity index (χ1n) is 12.5. The normalized spacial score (nSPS) is 23.3. The molecule has 2 atom stereocenters. The number of ether oxygens (including phenoxy) is 1. The van der Waals surface area contributed by atoms with Crippen molar-refractivity contribution in [2.45, 2.75) is 61.4 Å². The lowest BCUT2D eigenvalue weighted by atomic mass is 9.86. The number of likely N-dealkylation sites (tertiary alicyclic amines) is 1. The maximum atomic E-state index is 13.1. The van der Waals surface area contributed by atoms with Gasteiger partial charge in [-0.15, -0.1) is 0 Å². The second kappa shape index (κ2) is 8.80. The van der Waals surface area contributed by atoms with E-state index < -0.39 is 26.7 Å². The number of methoxy groups -OCH3 is 1. The number of fused-ring (bicyclic) bond motifs is 1. The van der Waals surface area contributed by atoms with E-state index in [0.29, 0.717) is 31.6 Å². The molecule has 1 amide bonds. The Hall–Kier alpha value is -2.93. The largest absolute Gasteiger partial charge is 0.398 e. The van der Waals surface area contributed by atoms with Gasteiger partial charge in [0.15, 0.2) is 5.65 Å². The van der Waals surface area contributed by atoms with E-state index in [-0.39, 0.29) is 35.6 Å². The van der Waals surface area contributed by atoms with Gasteiger partial charge in [-0.1, -0.05) is 25.8 Å². The molecule has 3 heterocycles. The summed E-state index contributed by atoms with van der Waals surface area (Å²) in [4.78, 5) is 25.0. The third-order valence-corrected chi connectivity index (χ3v) is 8.85. The average Bonchev–Trinajstić information content (AvgIpc) is 3.32. The maximum Gasteiger partial charge on any atom is 0.310 e. The van der Waals surface area contributed by atoms with Gasteiger partial charge in [0.25, 0.3) is 5.91 Å². The molecule has 38 heavy (non-hydrogen) atoms. The van der Waals surface area contributed by atoms with Crippen molar-refractivity contribution in [1.29, 1.82) is 0 Å². The molecule has 0 radical (unpaired) electrons. The van der Waals surface area contributed by atoms with Crippen LogP contribution in [-0.4, -0.2) is 52.1 Å². The molecule has 3 aromatic rings. The highest BCUT2D eigenvalue weighted by Gasteiger charge is 2.65. The Kier molecular flexibility index (Phi) is 6.18. The maximum absolute atomic E-state index is 13.1. The lowest BCUT2D eigenvalue weighted by molar-refractivity contribution is 0.0625. The van der Waals surface area contributed by atoms with Crippen LogP contribution in [0.25, 0.3) is 11.2 Å². The quantitative estimate of drug-likeness (QED) is 0.262. The summed E-state index contributed by atoms with van der Waals surface area (Å²) in [6, 6.07) is 3.05. The molecule has 1 saturated carbocycles. The number of nitrogens with zero attached hydrogens (tertiary/aromatic N) is 3. The molecule has 1 aromatic carbocycles. The average molecular weight is 560 g/mol. The number of H-pyrrole nitrogens is 1. The van der Waals surface area contributed by atoms with Crippen LogP contribution in [0.1, 0.15) is 72.1 Å². The van der Waals surface area contributed by atoms with Gasteiger partial charge < -0.3 is 20.4 Å². The SMILES string of the molecule is CO[C@@H]1CCC[C@@H](c2nc3nccc(C4CCN(C(=O)c5ccc(S(F)(F)(F)(F)F)cc5N)CC4)c3[nH]2)C1. The number of anilines is 1. The van der Waals surface area contributed by atoms with Crippen LogP contribution in [0.2, 0.25) is 0 Å². The van der Waals surface area contributed by atoms with Crippen molar-refractivity contribution in [3.05, 3.63) is 47.4 Å². The van der Waals surface area contributed by atoms with Gasteiger partial charge in [-0.25, -0.2) is 9.97 Å². The summed E-state index contributed by atoms with van der Waals surface area (Å²) in [7, 11) is -8.16. The molecule has 3 N–H and O–H groups in total. The number of imidazole rings is 1. The first-order chi connectivity index (χ1) is 17.7. The predicted octanol–water partition coefficient (Wildman–Crippen LogP) is 6.89. The van der Waals surface area contributed by atoms with Gasteiger partial charge in [0.2, 0.25) is 0 Å². The Morgan fingerprint density at radius 2 is 1.82 bits per heavy atom. The first-order valence-corrected chi connectivity index (χ1v) is 14.5. The van der Waals surface area contributed by atoms with Gasteiger partial charge in [0.1, 0.15) is 10.7 Å². The molecule has 208 valence electrons. The minimum absolute atomic E-state index is 0.115. The zero-order valence-corrected chi connectivity index (χ0v) is 21.6. The standard InChI is InChI=1S/C25H30F5N5O2S/c1-37-17-4-2-3-16(13-17)23-33-22-19(7-10-32-24(22)34-23)15-8-11-35(12-9-15)25(36)20-6-5-18(14-21(20)31)38(26,27,28,29)30/h5-7,10,14-17H,2-4,8-9,11-13,31H2,1H3,(H,32,33,34)/t16-,17-/m1/s1. The lowest BCUT2D eigenvalue weighted by Gasteiger charge is -2.40. The van der Waals surface area contributed by atoms with Crippen LogP contribution in [0, 0.1) is 0 Å². The van der Waals surface area contributed by atoms with E-state index in [9.17, 15) is 24.2 Å². The molecular weight excluding hydrogens is 529 g/mol. The van der Waals surface area contributed by atoms with E-state index in [1.54, 1.807) is 13.3 Å². The summed E-state index contributed by atoms with van der Waals surface area (Å²) in [5.74, 6) is 0.707. The molecule has 0 unspecified atom stereocenters. The highest BCUT2D eigenvalue weighted by Crippen LogP contribution is 3.02. The Balaban J connectivity index is 1.30. The third-order valence-electron chi connectivity index (χ3n) is 7.71. The van der Waals surface area contributed by atoms with Crippen LogP contribution >= 0.6 is 10.2 Å². The monoisotopic (exact) mass is 559 g/mol. The topological polar surface area (TPSA) is 97.1 Å². The number of pyridine rings is 1. The molecule has 2 fully saturated rings. The number of carbonyl (C=O) groups is 1. The van der Waals surface area contributed by atoms with E-state index in [4.69, 9.17) is 15.5 Å². The van der Waals surface area contributed by atoms with Gasteiger partial charge in [-0.3, -0.25) is 4.79 Å². The number of hydrogen-bond donors (Lipinski definition) is 2. The number of piperidine rings is 1. The zero-order chi connectivity index (χ0) is 27.4. The van der Waals surface area contributed by atoms with Gasteiger partial charge in [0, 0.05) is 38.0 Å². The van der Waals surface area contributed by atoms with E-state index in [2.05, 4.69) is 9.97 Å². The van der Waals surface area contributed by atoms with Crippen LogP contribution in [0.4, 0.5) is 25.1 Å². The molecular formula is C25H30F5N5O2S. The molecule has 7 nitrogen and oxygen atoms in total. The van der Waals surface area contributed by atoms with Crippen LogP contribution in [0.3, 0.4) is 0 Å². The van der Waals surface area contributed by atoms with Crippen LogP contribution in [0.5, 0.6) is 0 Å². The second-order valence-electron chi connectivity index (χ2n) is 10.2. The van der Waals surface area contributed by atoms with E-state index in [0.717, 1.165) is 48.7 Å². The second-order valence-corrected chi connectivity index (χ2v) is 12.6. The summed E-state index contributed by atoms with van der Waals surface area (Å²) >= 11 is 0. The van der Waals surface area contributed by atoms with Crippen molar-refractivity contribution in [2.75, 3.05) is 25.9 Å². The zero-order valence-electron chi connectivity index (χ0n) is 20.8. The number of aromatic amines is 1. The van der Waals surface area contributed by atoms with Crippen molar-refractivity contribution >= 4 is 33.0 Å². The summed E-state index contributed by atoms with van der Waals surface area (Å²) in [6.07, 6.45) is 7.20. The van der Waals surface area contributed by atoms with Crippen LogP contribution in [-0.2, 0) is 4.74 Å². The number of rotatable bonds is 5. The number of amides is 1. The van der Waals surface area contributed by atoms with Crippen LogP contribution < -0.4 is 5.73 Å². The smallest absolute Gasteiger partial charge is 0.310 e. The van der Waals surface area contributed by atoms with Crippen molar-refractivity contribution in [3.8, 4) is 0 Å². The highest BCUT2D eigenvalue weighted by atomic mass is 32.5. The lowest BCUT2D eigenvalue weighted by Crippen LogP contribution is -2.38. The van der Waals surface area contributed by atoms with Crippen molar-refractivity contribution in [1.82, 2.24) is 19.9 Å². The Labute approximate surface area is 216 Å². The highest BCUT2D eigenvalue weighted by molar-refractivity contribution is 8.45. The number of nitrogen functional groups attached to an aromatic ring is 1.